The molecule has 3 heterocycles. The quantitative estimate of drug-likeness (QED) is 0.291. The predicted molar refractivity (Wildman–Crippen MR) is 138 cm³/mol. The van der Waals surface area contributed by atoms with Crippen molar-refractivity contribution in [2.75, 3.05) is 11.9 Å². The monoisotopic (exact) mass is 502 g/mol. The van der Waals surface area contributed by atoms with Gasteiger partial charge in [0.25, 0.3) is 5.91 Å². The summed E-state index contributed by atoms with van der Waals surface area (Å²) in [4.78, 5) is 20.4. The van der Waals surface area contributed by atoms with E-state index in [1.807, 2.05) is 47.2 Å². The van der Waals surface area contributed by atoms with E-state index in [0.29, 0.717) is 35.4 Å². The van der Waals surface area contributed by atoms with Crippen LogP contribution in [0, 0.1) is 11.8 Å². The first kappa shape index (κ1) is 22.7. The Bertz CT molecular complexity index is 1600. The molecule has 0 aliphatic heterocycles. The van der Waals surface area contributed by atoms with Gasteiger partial charge < -0.3 is 19.9 Å². The highest BCUT2D eigenvalue weighted by Crippen LogP contribution is 2.36. The molecular weight excluding hydrogens is 484 g/mol. The Labute approximate surface area is 210 Å². The van der Waals surface area contributed by atoms with Crippen molar-refractivity contribution in [3.8, 4) is 23.3 Å². The van der Waals surface area contributed by atoms with E-state index in [1.165, 1.54) is 17.9 Å². The van der Waals surface area contributed by atoms with Crippen LogP contribution < -0.4 is 15.4 Å². The largest absolute Gasteiger partial charge is 0.455 e. The van der Waals surface area contributed by atoms with Crippen LogP contribution in [0.5, 0.6) is 11.5 Å². The van der Waals surface area contributed by atoms with Gasteiger partial charge in [0.15, 0.2) is 5.82 Å². The van der Waals surface area contributed by atoms with Crippen LogP contribution in [0.25, 0.3) is 21.1 Å². The summed E-state index contributed by atoms with van der Waals surface area (Å²) in [5.41, 5.74) is 2.35. The van der Waals surface area contributed by atoms with Crippen molar-refractivity contribution in [2.24, 2.45) is 0 Å². The molecule has 10 heteroatoms. The first-order valence-electron chi connectivity index (χ1n) is 10.7. The maximum absolute atomic E-state index is 11.6. The fourth-order valence-corrected chi connectivity index (χ4v) is 4.51. The van der Waals surface area contributed by atoms with Gasteiger partial charge in [0.05, 0.1) is 26.8 Å². The molecule has 8 nitrogen and oxygen atoms in total. The van der Waals surface area contributed by atoms with Gasteiger partial charge in [-0.05, 0) is 60.8 Å². The number of halogens is 1. The van der Waals surface area contributed by atoms with Gasteiger partial charge in [0.2, 0.25) is 0 Å². The van der Waals surface area contributed by atoms with Crippen molar-refractivity contribution in [1.29, 1.82) is 0 Å². The Morgan fingerprint density at radius 3 is 2.97 bits per heavy atom. The number of amides is 1. The number of hydrogen-bond acceptors (Lipinski definition) is 7. The molecule has 0 bridgehead atoms. The van der Waals surface area contributed by atoms with Gasteiger partial charge in [-0.25, -0.2) is 9.97 Å². The van der Waals surface area contributed by atoms with Crippen molar-refractivity contribution in [2.45, 2.75) is 13.5 Å². The van der Waals surface area contributed by atoms with Gasteiger partial charge in [-0.3, -0.25) is 4.79 Å². The van der Waals surface area contributed by atoms with Crippen LogP contribution in [0.4, 0.5) is 11.5 Å². The van der Waals surface area contributed by atoms with E-state index in [2.05, 4.69) is 36.8 Å². The molecule has 0 saturated carbocycles. The summed E-state index contributed by atoms with van der Waals surface area (Å²) >= 11 is 7.97. The zero-order valence-electron chi connectivity index (χ0n) is 18.6. The van der Waals surface area contributed by atoms with Crippen molar-refractivity contribution in [3.63, 3.8) is 0 Å². The average molecular weight is 503 g/mol. The molecule has 35 heavy (non-hydrogen) atoms. The molecule has 0 saturated heterocycles. The molecule has 0 aliphatic carbocycles. The third kappa shape index (κ3) is 4.89. The molecule has 0 radical (unpaired) electrons. The molecule has 0 atom stereocenters. The lowest BCUT2D eigenvalue weighted by Crippen LogP contribution is -2.25. The van der Waals surface area contributed by atoms with Crippen molar-refractivity contribution < 1.29 is 9.53 Å². The molecule has 174 valence electrons. The molecule has 0 spiro atoms. The molecule has 0 unspecified atom stereocenters. The number of aromatic nitrogens is 4. The molecule has 1 amide bonds. The number of anilines is 2. The Kier molecular flexibility index (Phi) is 6.48. The maximum atomic E-state index is 11.6. The maximum Gasteiger partial charge on any atom is 0.295 e. The SMILES string of the molecule is CC#CC(=O)NCCn1ccc2ncnc(Nc3ccc(Oc4cccc5sncc45)c(Cl)c3)c21. The highest BCUT2D eigenvalue weighted by molar-refractivity contribution is 7.13. The number of benzene rings is 2. The van der Waals surface area contributed by atoms with Gasteiger partial charge in [-0.1, -0.05) is 23.6 Å². The van der Waals surface area contributed by atoms with E-state index in [1.54, 1.807) is 19.2 Å². The van der Waals surface area contributed by atoms with E-state index in [9.17, 15) is 4.79 Å². The van der Waals surface area contributed by atoms with E-state index in [-0.39, 0.29) is 5.91 Å². The zero-order valence-corrected chi connectivity index (χ0v) is 20.2. The van der Waals surface area contributed by atoms with E-state index < -0.39 is 0 Å². The number of ether oxygens (including phenoxy) is 1. The van der Waals surface area contributed by atoms with Crippen molar-refractivity contribution in [1.82, 2.24) is 24.2 Å². The molecule has 0 aliphatic rings. The Balaban J connectivity index is 1.35. The van der Waals surface area contributed by atoms with Gasteiger partial charge in [0, 0.05) is 25.0 Å². The fraction of sp³-hybridized carbons (Fsp3) is 0.120. The molecule has 0 fully saturated rings. The Hall–Kier alpha value is -4.13. The van der Waals surface area contributed by atoms with Crippen LogP contribution in [0.1, 0.15) is 6.92 Å². The summed E-state index contributed by atoms with van der Waals surface area (Å²) < 4.78 is 13.3. The molecule has 5 rings (SSSR count). The number of rotatable bonds is 7. The Morgan fingerprint density at radius 1 is 1.20 bits per heavy atom. The summed E-state index contributed by atoms with van der Waals surface area (Å²) in [5, 5.41) is 7.49. The van der Waals surface area contributed by atoms with Crippen LogP contribution >= 0.6 is 23.1 Å². The standard InChI is InChI=1S/C25H19ClN6O2S/c1-2-4-23(33)27-10-12-32-11-9-19-24(32)25(29-15-28-19)31-16-7-8-21(18(26)13-16)34-20-5-3-6-22-17(20)14-30-35-22/h3,5-9,11,13-15H,10,12H2,1H3,(H,27,33)(H,28,29,31). The second-order valence-electron chi connectivity index (χ2n) is 7.46. The summed E-state index contributed by atoms with van der Waals surface area (Å²) in [6.07, 6.45) is 5.20. The second-order valence-corrected chi connectivity index (χ2v) is 8.70. The molecule has 2 N–H and O–H groups in total. The minimum Gasteiger partial charge on any atom is -0.455 e. The predicted octanol–water partition coefficient (Wildman–Crippen LogP) is 5.37. The lowest BCUT2D eigenvalue weighted by atomic mass is 10.2. The number of fused-ring (bicyclic) bond motifs is 2. The van der Waals surface area contributed by atoms with Crippen molar-refractivity contribution in [3.05, 3.63) is 66.2 Å². The molecule has 5 aromatic rings. The second kappa shape index (κ2) is 10.0. The lowest BCUT2D eigenvalue weighted by Gasteiger charge is -2.13. The highest BCUT2D eigenvalue weighted by atomic mass is 35.5. The highest BCUT2D eigenvalue weighted by Gasteiger charge is 2.12. The third-order valence-corrected chi connectivity index (χ3v) is 6.26. The van der Waals surface area contributed by atoms with Crippen LogP contribution in [-0.2, 0) is 11.3 Å². The fourth-order valence-electron chi connectivity index (χ4n) is 3.63. The summed E-state index contributed by atoms with van der Waals surface area (Å²) in [7, 11) is 0. The first-order valence-corrected chi connectivity index (χ1v) is 11.9. The summed E-state index contributed by atoms with van der Waals surface area (Å²) in [6.45, 7) is 2.59. The number of carbonyl (C=O) groups is 1. The summed E-state index contributed by atoms with van der Waals surface area (Å²) in [6, 6.07) is 13.2. The van der Waals surface area contributed by atoms with Gasteiger partial charge >= 0.3 is 0 Å². The third-order valence-electron chi connectivity index (χ3n) is 5.20. The van der Waals surface area contributed by atoms with E-state index in [0.717, 1.165) is 26.8 Å². The van der Waals surface area contributed by atoms with Crippen LogP contribution in [0.2, 0.25) is 5.02 Å². The van der Waals surface area contributed by atoms with Crippen LogP contribution in [0.15, 0.2) is 61.2 Å². The summed E-state index contributed by atoms with van der Waals surface area (Å²) in [5.74, 6) is 6.61. The van der Waals surface area contributed by atoms with Gasteiger partial charge in [0.1, 0.15) is 23.3 Å². The molecule has 2 aromatic carbocycles. The van der Waals surface area contributed by atoms with Crippen LogP contribution in [0.3, 0.4) is 0 Å². The normalized spacial score (nSPS) is 10.7. The minimum atomic E-state index is -0.304. The number of hydrogen-bond donors (Lipinski definition) is 2. The minimum absolute atomic E-state index is 0.304. The topological polar surface area (TPSA) is 94.0 Å². The van der Waals surface area contributed by atoms with Gasteiger partial charge in [-0.2, -0.15) is 4.37 Å². The number of carbonyl (C=O) groups excluding carboxylic acids is 1. The Morgan fingerprint density at radius 2 is 2.11 bits per heavy atom. The average Bonchev–Trinajstić information content (AvgIpc) is 3.49. The smallest absolute Gasteiger partial charge is 0.295 e. The number of nitrogens with zero attached hydrogens (tertiary/aromatic N) is 4. The zero-order chi connectivity index (χ0) is 24.2. The van der Waals surface area contributed by atoms with E-state index in [4.69, 9.17) is 16.3 Å². The van der Waals surface area contributed by atoms with Crippen molar-refractivity contribution >= 4 is 61.7 Å². The van der Waals surface area contributed by atoms with E-state index >= 15 is 0 Å². The molecular formula is C25H19ClN6O2S. The van der Waals surface area contributed by atoms with Crippen LogP contribution in [-0.4, -0.2) is 31.4 Å². The number of nitrogens with one attached hydrogen (secondary N) is 2. The molecule has 3 aromatic heterocycles. The van der Waals surface area contributed by atoms with Gasteiger partial charge in [-0.15, -0.1) is 0 Å². The lowest BCUT2D eigenvalue weighted by molar-refractivity contribution is -0.115. The first-order chi connectivity index (χ1) is 17.1.